The number of anilines is 1. The Morgan fingerprint density at radius 2 is 1.64 bits per heavy atom. The standard InChI is InChI=1S/C20H14FN3O/c21-16-11-5-4-10-15(16)20(25)23-19-18(14-8-2-1-3-9-14)22-17-12-6-7-13-24(17)19/h1-13H,(H,23,25)/p+1. The molecule has 0 spiro atoms. The van der Waals surface area contributed by atoms with Crippen LogP contribution in [0.5, 0.6) is 0 Å². The van der Waals surface area contributed by atoms with Gasteiger partial charge in [0, 0.05) is 11.6 Å². The number of amides is 1. The number of aromatic nitrogens is 2. The van der Waals surface area contributed by atoms with E-state index < -0.39 is 11.7 Å². The van der Waals surface area contributed by atoms with Gasteiger partial charge < -0.3 is 0 Å². The molecule has 2 aromatic heterocycles. The molecule has 0 bridgehead atoms. The number of carbonyl (C=O) groups is 1. The van der Waals surface area contributed by atoms with Crippen LogP contribution in [0.3, 0.4) is 0 Å². The number of H-pyrrole nitrogens is 1. The monoisotopic (exact) mass is 332 g/mol. The molecule has 4 aromatic rings. The van der Waals surface area contributed by atoms with Crippen LogP contribution in [0, 0.1) is 5.82 Å². The van der Waals surface area contributed by atoms with Crippen molar-refractivity contribution in [2.75, 3.05) is 5.32 Å². The molecule has 0 radical (unpaired) electrons. The minimum atomic E-state index is -0.550. The first-order valence-electron chi connectivity index (χ1n) is 7.88. The summed E-state index contributed by atoms with van der Waals surface area (Å²) in [6.45, 7) is 0. The van der Waals surface area contributed by atoms with Gasteiger partial charge in [0.2, 0.25) is 5.65 Å². The van der Waals surface area contributed by atoms with Crippen molar-refractivity contribution >= 4 is 17.4 Å². The number of imidazole rings is 1. The van der Waals surface area contributed by atoms with Crippen LogP contribution in [-0.2, 0) is 0 Å². The van der Waals surface area contributed by atoms with Crippen LogP contribution < -0.4 is 9.72 Å². The molecule has 1 amide bonds. The predicted molar refractivity (Wildman–Crippen MR) is 93.7 cm³/mol. The molecule has 4 nitrogen and oxygen atoms in total. The number of hydrogen-bond donors (Lipinski definition) is 2. The second-order valence-corrected chi connectivity index (χ2v) is 5.60. The molecular formula is C20H15FN3O+. The van der Waals surface area contributed by atoms with Gasteiger partial charge in [-0.3, -0.25) is 9.78 Å². The molecule has 0 atom stereocenters. The molecule has 2 N–H and O–H groups in total. The van der Waals surface area contributed by atoms with Gasteiger partial charge in [-0.05, 0) is 18.2 Å². The van der Waals surface area contributed by atoms with Gasteiger partial charge in [-0.25, -0.2) is 14.1 Å². The van der Waals surface area contributed by atoms with Crippen molar-refractivity contribution in [3.63, 3.8) is 0 Å². The highest BCUT2D eigenvalue weighted by atomic mass is 19.1. The number of aromatic amines is 1. The topological polar surface area (TPSA) is 49.0 Å². The fraction of sp³-hybridized carbons (Fsp3) is 0. The SMILES string of the molecule is O=C(Nc1c(-c2ccccc2)[nH]c2cccc[n+]12)c1ccccc1F. The van der Waals surface area contributed by atoms with E-state index in [1.54, 1.807) is 12.1 Å². The molecule has 0 saturated carbocycles. The maximum atomic E-state index is 13.9. The molecule has 25 heavy (non-hydrogen) atoms. The van der Waals surface area contributed by atoms with Gasteiger partial charge in [-0.2, -0.15) is 0 Å². The quantitative estimate of drug-likeness (QED) is 0.551. The lowest BCUT2D eigenvalue weighted by molar-refractivity contribution is -0.493. The van der Waals surface area contributed by atoms with Crippen LogP contribution in [0.4, 0.5) is 10.2 Å². The van der Waals surface area contributed by atoms with Crippen LogP contribution in [0.1, 0.15) is 10.4 Å². The summed E-state index contributed by atoms with van der Waals surface area (Å²) >= 11 is 0. The number of nitrogens with zero attached hydrogens (tertiary/aromatic N) is 1. The van der Waals surface area contributed by atoms with Gasteiger partial charge in [0.25, 0.3) is 5.82 Å². The Labute approximate surface area is 143 Å². The van der Waals surface area contributed by atoms with Gasteiger partial charge in [0.15, 0.2) is 5.69 Å². The van der Waals surface area contributed by atoms with E-state index in [1.165, 1.54) is 12.1 Å². The summed E-state index contributed by atoms with van der Waals surface area (Å²) in [6.07, 6.45) is 1.84. The Balaban J connectivity index is 1.83. The van der Waals surface area contributed by atoms with Crippen LogP contribution in [0.25, 0.3) is 16.9 Å². The van der Waals surface area contributed by atoms with E-state index in [2.05, 4.69) is 10.3 Å². The van der Waals surface area contributed by atoms with E-state index in [4.69, 9.17) is 0 Å². The molecule has 122 valence electrons. The number of pyridine rings is 1. The Kier molecular flexibility index (Phi) is 3.74. The molecule has 0 aliphatic rings. The summed E-state index contributed by atoms with van der Waals surface area (Å²) in [4.78, 5) is 15.9. The number of hydrogen-bond acceptors (Lipinski definition) is 1. The Hall–Kier alpha value is -3.47. The Morgan fingerprint density at radius 3 is 2.44 bits per heavy atom. The van der Waals surface area contributed by atoms with E-state index in [-0.39, 0.29) is 5.56 Å². The number of halogens is 1. The first-order chi connectivity index (χ1) is 12.2. The van der Waals surface area contributed by atoms with Gasteiger partial charge in [-0.1, -0.05) is 48.5 Å². The van der Waals surface area contributed by atoms with Crippen molar-refractivity contribution in [3.05, 3.63) is 90.4 Å². The summed E-state index contributed by atoms with van der Waals surface area (Å²) in [6, 6.07) is 21.3. The minimum Gasteiger partial charge on any atom is -0.267 e. The van der Waals surface area contributed by atoms with Gasteiger partial charge in [0.05, 0.1) is 11.8 Å². The molecule has 2 heterocycles. The third-order valence-electron chi connectivity index (χ3n) is 4.00. The van der Waals surface area contributed by atoms with E-state index in [0.29, 0.717) is 5.82 Å². The average molecular weight is 332 g/mol. The number of benzene rings is 2. The second kappa shape index (κ2) is 6.20. The summed E-state index contributed by atoms with van der Waals surface area (Å²) in [7, 11) is 0. The third kappa shape index (κ3) is 2.76. The lowest BCUT2D eigenvalue weighted by atomic mass is 10.1. The van der Waals surface area contributed by atoms with Crippen LogP contribution >= 0.6 is 0 Å². The van der Waals surface area contributed by atoms with E-state index >= 15 is 0 Å². The molecule has 2 aromatic carbocycles. The summed E-state index contributed by atoms with van der Waals surface area (Å²) in [5.74, 6) is -0.478. The maximum absolute atomic E-state index is 13.9. The number of fused-ring (bicyclic) bond motifs is 1. The van der Waals surface area contributed by atoms with Crippen molar-refractivity contribution in [2.24, 2.45) is 0 Å². The summed E-state index contributed by atoms with van der Waals surface area (Å²) < 4.78 is 15.8. The molecular weight excluding hydrogens is 317 g/mol. The van der Waals surface area contributed by atoms with Crippen molar-refractivity contribution in [2.45, 2.75) is 0 Å². The van der Waals surface area contributed by atoms with Crippen LogP contribution in [-0.4, -0.2) is 10.9 Å². The highest BCUT2D eigenvalue weighted by Gasteiger charge is 2.24. The van der Waals surface area contributed by atoms with Crippen molar-refractivity contribution < 1.29 is 13.6 Å². The van der Waals surface area contributed by atoms with Crippen LogP contribution in [0.15, 0.2) is 79.0 Å². The lowest BCUT2D eigenvalue weighted by Gasteiger charge is -2.03. The maximum Gasteiger partial charge on any atom is 0.314 e. The largest absolute Gasteiger partial charge is 0.314 e. The molecule has 5 heteroatoms. The van der Waals surface area contributed by atoms with Gasteiger partial charge >= 0.3 is 5.91 Å². The predicted octanol–water partition coefficient (Wildman–Crippen LogP) is 3.81. The molecule has 0 aliphatic carbocycles. The first kappa shape index (κ1) is 15.1. The highest BCUT2D eigenvalue weighted by Crippen LogP contribution is 2.25. The zero-order valence-electron chi connectivity index (χ0n) is 13.2. The first-order valence-corrected chi connectivity index (χ1v) is 7.88. The fourth-order valence-electron chi connectivity index (χ4n) is 2.80. The number of carbonyl (C=O) groups excluding carboxylic acids is 1. The summed E-state index contributed by atoms with van der Waals surface area (Å²) in [5, 5.41) is 2.84. The van der Waals surface area contributed by atoms with Crippen molar-refractivity contribution in [1.29, 1.82) is 0 Å². The zero-order chi connectivity index (χ0) is 17.2. The normalized spacial score (nSPS) is 10.8. The summed E-state index contributed by atoms with van der Waals surface area (Å²) in [5.41, 5.74) is 2.52. The van der Waals surface area contributed by atoms with Crippen molar-refractivity contribution in [1.82, 2.24) is 4.98 Å². The molecule has 4 rings (SSSR count). The highest BCUT2D eigenvalue weighted by molar-refractivity contribution is 6.05. The number of rotatable bonds is 3. The van der Waals surface area contributed by atoms with E-state index in [9.17, 15) is 9.18 Å². The van der Waals surface area contributed by atoms with E-state index in [0.717, 1.165) is 16.9 Å². The molecule has 0 aliphatic heterocycles. The average Bonchev–Trinajstić information content (AvgIpc) is 3.01. The second-order valence-electron chi connectivity index (χ2n) is 5.60. The molecule has 0 saturated heterocycles. The van der Waals surface area contributed by atoms with Crippen molar-refractivity contribution in [3.8, 4) is 11.3 Å². The number of nitrogens with one attached hydrogen (secondary N) is 2. The molecule has 0 unspecified atom stereocenters. The van der Waals surface area contributed by atoms with E-state index in [1.807, 2.05) is 59.1 Å². The third-order valence-corrected chi connectivity index (χ3v) is 4.00. The lowest BCUT2D eigenvalue weighted by Crippen LogP contribution is -2.27. The van der Waals surface area contributed by atoms with Gasteiger partial charge in [-0.15, -0.1) is 0 Å². The fourth-order valence-corrected chi connectivity index (χ4v) is 2.80. The smallest absolute Gasteiger partial charge is 0.267 e. The Bertz CT molecular complexity index is 1060. The van der Waals surface area contributed by atoms with Crippen LogP contribution in [0.2, 0.25) is 0 Å². The minimum absolute atomic E-state index is 0.00685. The van der Waals surface area contributed by atoms with Gasteiger partial charge in [0.1, 0.15) is 5.82 Å². The Morgan fingerprint density at radius 1 is 0.920 bits per heavy atom. The molecule has 0 fully saturated rings. The zero-order valence-corrected chi connectivity index (χ0v) is 13.2.